The molecule has 23 heavy (non-hydrogen) atoms. The van der Waals surface area contributed by atoms with E-state index in [9.17, 15) is 9.59 Å². The summed E-state index contributed by atoms with van der Waals surface area (Å²) in [5, 5.41) is 3.30. The van der Waals surface area contributed by atoms with Crippen LogP contribution in [0.4, 0.5) is 5.69 Å². The number of carbonyl (C=O) groups excluding carboxylic acids is 2. The summed E-state index contributed by atoms with van der Waals surface area (Å²) >= 11 is 8.01. The summed E-state index contributed by atoms with van der Waals surface area (Å²) in [6, 6.07) is 12.0. The van der Waals surface area contributed by atoms with Crippen molar-refractivity contribution < 1.29 is 14.3 Å². The number of rotatable bonds is 6. The minimum absolute atomic E-state index is 0.158. The van der Waals surface area contributed by atoms with Crippen molar-refractivity contribution in [3.8, 4) is 5.75 Å². The molecule has 2 amide bonds. The summed E-state index contributed by atoms with van der Waals surface area (Å²) < 4.78 is 6.18. The zero-order valence-electron chi connectivity index (χ0n) is 12.0. The zero-order chi connectivity index (χ0) is 16.8. The lowest BCUT2D eigenvalue weighted by Crippen LogP contribution is -2.15. The van der Waals surface area contributed by atoms with E-state index in [4.69, 9.17) is 22.1 Å². The Kier molecular flexibility index (Phi) is 6.23. The number of nitrogens with one attached hydrogen (secondary N) is 1. The SMILES string of the molecule is NC(=O)CCOc1ccc(NC(=O)c2cc(Cl)ccc2I)cc1. The molecule has 0 saturated carbocycles. The van der Waals surface area contributed by atoms with Gasteiger partial charge in [0, 0.05) is 14.3 Å². The van der Waals surface area contributed by atoms with Crippen LogP contribution >= 0.6 is 34.2 Å². The number of benzene rings is 2. The second kappa shape index (κ2) is 8.16. The van der Waals surface area contributed by atoms with Gasteiger partial charge < -0.3 is 15.8 Å². The summed E-state index contributed by atoms with van der Waals surface area (Å²) in [6.45, 7) is 0.224. The molecular formula is C16H14ClIN2O3. The molecule has 0 unspecified atom stereocenters. The van der Waals surface area contributed by atoms with E-state index in [1.165, 1.54) is 0 Å². The smallest absolute Gasteiger partial charge is 0.256 e. The molecule has 0 atom stereocenters. The van der Waals surface area contributed by atoms with Gasteiger partial charge in [-0.05, 0) is 65.1 Å². The number of halogens is 2. The molecule has 2 rings (SSSR count). The number of nitrogens with two attached hydrogens (primary N) is 1. The molecule has 0 spiro atoms. The number of anilines is 1. The molecule has 7 heteroatoms. The topological polar surface area (TPSA) is 81.4 Å². The van der Waals surface area contributed by atoms with Crippen LogP contribution in [0.5, 0.6) is 5.75 Å². The van der Waals surface area contributed by atoms with Gasteiger partial charge in [0.2, 0.25) is 5.91 Å². The van der Waals surface area contributed by atoms with E-state index in [0.29, 0.717) is 22.0 Å². The molecule has 0 fully saturated rings. The van der Waals surface area contributed by atoms with Gasteiger partial charge in [0.15, 0.2) is 0 Å². The lowest BCUT2D eigenvalue weighted by molar-refractivity contribution is -0.118. The summed E-state index contributed by atoms with van der Waals surface area (Å²) in [5.41, 5.74) is 6.18. The summed E-state index contributed by atoms with van der Waals surface area (Å²) in [4.78, 5) is 22.9. The van der Waals surface area contributed by atoms with Crippen LogP contribution in [0.3, 0.4) is 0 Å². The maximum atomic E-state index is 12.3. The second-order valence-electron chi connectivity index (χ2n) is 4.67. The van der Waals surface area contributed by atoms with Gasteiger partial charge in [0.1, 0.15) is 5.75 Å². The van der Waals surface area contributed by atoms with Crippen LogP contribution in [0.25, 0.3) is 0 Å². The van der Waals surface area contributed by atoms with Gasteiger partial charge in [-0.25, -0.2) is 0 Å². The fraction of sp³-hybridized carbons (Fsp3) is 0.125. The average molecular weight is 445 g/mol. The molecule has 2 aromatic carbocycles. The maximum absolute atomic E-state index is 12.3. The molecule has 0 radical (unpaired) electrons. The van der Waals surface area contributed by atoms with E-state index >= 15 is 0 Å². The molecule has 0 heterocycles. The highest BCUT2D eigenvalue weighted by molar-refractivity contribution is 14.1. The molecule has 0 aromatic heterocycles. The van der Waals surface area contributed by atoms with Gasteiger partial charge >= 0.3 is 0 Å². The highest BCUT2D eigenvalue weighted by Gasteiger charge is 2.11. The van der Waals surface area contributed by atoms with Crippen LogP contribution in [-0.4, -0.2) is 18.4 Å². The van der Waals surface area contributed by atoms with Crippen molar-refractivity contribution in [1.82, 2.24) is 0 Å². The molecule has 2 aromatic rings. The quantitative estimate of drug-likeness (QED) is 0.670. The Morgan fingerprint density at radius 2 is 1.87 bits per heavy atom. The third kappa shape index (κ3) is 5.40. The van der Waals surface area contributed by atoms with E-state index in [2.05, 4.69) is 27.9 Å². The highest BCUT2D eigenvalue weighted by atomic mass is 127. The monoisotopic (exact) mass is 444 g/mol. The van der Waals surface area contributed by atoms with Crippen molar-refractivity contribution in [3.05, 3.63) is 56.6 Å². The average Bonchev–Trinajstić information content (AvgIpc) is 2.51. The van der Waals surface area contributed by atoms with Gasteiger partial charge in [-0.2, -0.15) is 0 Å². The third-order valence-corrected chi connectivity index (χ3v) is 4.08. The Morgan fingerprint density at radius 1 is 1.17 bits per heavy atom. The van der Waals surface area contributed by atoms with Crippen LogP contribution in [0.2, 0.25) is 5.02 Å². The zero-order valence-corrected chi connectivity index (χ0v) is 14.9. The molecule has 5 nitrogen and oxygen atoms in total. The molecule has 0 saturated heterocycles. The Morgan fingerprint density at radius 3 is 2.52 bits per heavy atom. The minimum Gasteiger partial charge on any atom is -0.493 e. The first-order chi connectivity index (χ1) is 11.0. The van der Waals surface area contributed by atoms with E-state index < -0.39 is 5.91 Å². The first-order valence-electron chi connectivity index (χ1n) is 6.73. The first-order valence-corrected chi connectivity index (χ1v) is 8.19. The van der Waals surface area contributed by atoms with Crippen molar-refractivity contribution in [2.45, 2.75) is 6.42 Å². The standard InChI is InChI=1S/C16H14ClIN2O3/c17-10-1-6-14(18)13(9-10)16(22)20-11-2-4-12(5-3-11)23-8-7-15(19)21/h1-6,9H,7-8H2,(H2,19,21)(H,20,22). The van der Waals surface area contributed by atoms with Crippen LogP contribution in [0.15, 0.2) is 42.5 Å². The number of hydrogen-bond acceptors (Lipinski definition) is 3. The molecule has 3 N–H and O–H groups in total. The maximum Gasteiger partial charge on any atom is 0.256 e. The third-order valence-electron chi connectivity index (χ3n) is 2.90. The molecule has 0 aliphatic heterocycles. The number of amides is 2. The van der Waals surface area contributed by atoms with Crippen LogP contribution in [0.1, 0.15) is 16.8 Å². The van der Waals surface area contributed by atoms with E-state index in [0.717, 1.165) is 3.57 Å². The fourth-order valence-corrected chi connectivity index (χ4v) is 2.53. The lowest BCUT2D eigenvalue weighted by atomic mass is 10.2. The van der Waals surface area contributed by atoms with Crippen molar-refractivity contribution in [3.63, 3.8) is 0 Å². The van der Waals surface area contributed by atoms with Crippen LogP contribution in [-0.2, 0) is 4.79 Å². The molecule has 120 valence electrons. The second-order valence-corrected chi connectivity index (χ2v) is 6.27. The number of carbonyl (C=O) groups is 2. The molecule has 0 aliphatic rings. The largest absolute Gasteiger partial charge is 0.493 e. The van der Waals surface area contributed by atoms with E-state index in [-0.39, 0.29) is 18.9 Å². The predicted octanol–water partition coefficient (Wildman–Crippen LogP) is 3.45. The van der Waals surface area contributed by atoms with Gasteiger partial charge in [0.25, 0.3) is 5.91 Å². The number of ether oxygens (including phenoxy) is 1. The van der Waals surface area contributed by atoms with Crippen LogP contribution < -0.4 is 15.8 Å². The van der Waals surface area contributed by atoms with Crippen LogP contribution in [0, 0.1) is 3.57 Å². The van der Waals surface area contributed by atoms with Gasteiger partial charge in [-0.1, -0.05) is 11.6 Å². The predicted molar refractivity (Wildman–Crippen MR) is 97.9 cm³/mol. The van der Waals surface area contributed by atoms with Gasteiger partial charge in [-0.3, -0.25) is 9.59 Å². The number of primary amides is 1. The first kappa shape index (κ1) is 17.6. The van der Waals surface area contributed by atoms with Crippen molar-refractivity contribution in [1.29, 1.82) is 0 Å². The lowest BCUT2D eigenvalue weighted by Gasteiger charge is -2.09. The highest BCUT2D eigenvalue weighted by Crippen LogP contribution is 2.21. The van der Waals surface area contributed by atoms with Gasteiger partial charge in [0.05, 0.1) is 18.6 Å². The van der Waals surface area contributed by atoms with Crippen molar-refractivity contribution >= 4 is 51.7 Å². The van der Waals surface area contributed by atoms with E-state index in [1.807, 2.05) is 0 Å². The Labute approximate surface area is 152 Å². The van der Waals surface area contributed by atoms with E-state index in [1.54, 1.807) is 42.5 Å². The molecule has 0 aliphatic carbocycles. The van der Waals surface area contributed by atoms with Gasteiger partial charge in [-0.15, -0.1) is 0 Å². The minimum atomic E-state index is -0.412. The Bertz CT molecular complexity index is 720. The Hall–Kier alpha value is -1.80. The fourth-order valence-electron chi connectivity index (χ4n) is 1.77. The normalized spacial score (nSPS) is 10.2. The van der Waals surface area contributed by atoms with Crippen molar-refractivity contribution in [2.24, 2.45) is 5.73 Å². The molecular weight excluding hydrogens is 431 g/mol. The number of hydrogen-bond donors (Lipinski definition) is 2. The summed E-state index contributed by atoms with van der Waals surface area (Å²) in [5.74, 6) is -0.0501. The Balaban J connectivity index is 1.99. The molecule has 0 bridgehead atoms. The summed E-state index contributed by atoms with van der Waals surface area (Å²) in [7, 11) is 0. The van der Waals surface area contributed by atoms with Crippen molar-refractivity contribution in [2.75, 3.05) is 11.9 Å². The summed E-state index contributed by atoms with van der Waals surface area (Å²) in [6.07, 6.45) is 0.158.